The molecular weight excluding hydrogens is 462 g/mol. The number of aryl methyl sites for hydroxylation is 1. The van der Waals surface area contributed by atoms with Crippen LogP contribution in [-0.4, -0.2) is 92.4 Å². The normalized spacial score (nSPS) is 20.8. The van der Waals surface area contributed by atoms with Gasteiger partial charge in [-0.3, -0.25) is 24.7 Å². The average Bonchev–Trinajstić information content (AvgIpc) is 2.86. The second-order valence-electron chi connectivity index (χ2n) is 10.0. The predicted molar refractivity (Wildman–Crippen MR) is 135 cm³/mol. The van der Waals surface area contributed by atoms with Crippen LogP contribution in [0.1, 0.15) is 37.7 Å². The van der Waals surface area contributed by atoms with E-state index in [0.29, 0.717) is 30.4 Å². The van der Waals surface area contributed by atoms with Gasteiger partial charge in [-0.1, -0.05) is 6.07 Å². The molecule has 0 spiro atoms. The summed E-state index contributed by atoms with van der Waals surface area (Å²) in [5.41, 5.74) is 1.55. The van der Waals surface area contributed by atoms with Crippen molar-refractivity contribution >= 4 is 29.8 Å². The number of imide groups is 1. The van der Waals surface area contributed by atoms with Crippen molar-refractivity contribution in [2.24, 2.45) is 5.92 Å². The Labute approximate surface area is 212 Å². The lowest BCUT2D eigenvalue weighted by molar-refractivity contribution is -0.124. The van der Waals surface area contributed by atoms with Gasteiger partial charge in [-0.15, -0.1) is 0 Å². The highest BCUT2D eigenvalue weighted by molar-refractivity contribution is 6.06. The van der Waals surface area contributed by atoms with Crippen LogP contribution in [0.2, 0.25) is 0 Å². The van der Waals surface area contributed by atoms with Crippen LogP contribution < -0.4 is 20.3 Å². The molecule has 4 rings (SSSR count). The van der Waals surface area contributed by atoms with E-state index in [-0.39, 0.29) is 30.9 Å². The van der Waals surface area contributed by atoms with Gasteiger partial charge < -0.3 is 19.7 Å². The van der Waals surface area contributed by atoms with Crippen LogP contribution in [0.25, 0.3) is 0 Å². The zero-order chi connectivity index (χ0) is 25.5. The van der Waals surface area contributed by atoms with Crippen molar-refractivity contribution in [3.05, 3.63) is 23.8 Å². The monoisotopic (exact) mass is 499 g/mol. The van der Waals surface area contributed by atoms with Crippen LogP contribution in [0.3, 0.4) is 0 Å². The molecule has 3 aliphatic heterocycles. The Balaban J connectivity index is 1.18. The molecule has 0 bridgehead atoms. The highest BCUT2D eigenvalue weighted by Gasteiger charge is 2.27. The number of amides is 4. The molecule has 0 aliphatic carbocycles. The molecule has 3 heterocycles. The van der Waals surface area contributed by atoms with E-state index in [1.54, 1.807) is 12.1 Å². The summed E-state index contributed by atoms with van der Waals surface area (Å²) in [6.07, 6.45) is 5.37. The molecule has 1 aromatic rings. The van der Waals surface area contributed by atoms with Gasteiger partial charge in [-0.25, -0.2) is 4.79 Å². The highest BCUT2D eigenvalue weighted by atomic mass is 16.5. The van der Waals surface area contributed by atoms with Gasteiger partial charge in [-0.2, -0.15) is 0 Å². The highest BCUT2D eigenvalue weighted by Crippen LogP contribution is 2.27. The number of ether oxygens (including phenoxy) is 1. The Morgan fingerprint density at radius 1 is 1.08 bits per heavy atom. The number of nitrogens with one attached hydrogen (secondary N) is 2. The summed E-state index contributed by atoms with van der Waals surface area (Å²) in [5.74, 6) is 0.757. The number of aldehydes is 1. The van der Waals surface area contributed by atoms with Gasteiger partial charge in [0.2, 0.25) is 5.91 Å². The molecular formula is C26H37N5O5. The Hall–Kier alpha value is -2.98. The van der Waals surface area contributed by atoms with E-state index in [2.05, 4.69) is 20.4 Å². The molecule has 3 aliphatic rings. The number of likely N-dealkylation sites (tertiary alicyclic amines) is 2. The van der Waals surface area contributed by atoms with Crippen molar-refractivity contribution in [2.45, 2.75) is 45.1 Å². The van der Waals surface area contributed by atoms with Crippen LogP contribution in [-0.2, 0) is 14.4 Å². The molecule has 196 valence electrons. The molecule has 1 aromatic carbocycles. The van der Waals surface area contributed by atoms with Crippen LogP contribution in [0.15, 0.2) is 18.2 Å². The van der Waals surface area contributed by atoms with Crippen molar-refractivity contribution < 1.29 is 23.9 Å². The molecule has 36 heavy (non-hydrogen) atoms. The third kappa shape index (κ3) is 7.04. The van der Waals surface area contributed by atoms with Gasteiger partial charge in [0.15, 0.2) is 6.61 Å². The zero-order valence-electron chi connectivity index (χ0n) is 21.0. The Morgan fingerprint density at radius 2 is 1.81 bits per heavy atom. The predicted octanol–water partition coefficient (Wildman–Crippen LogP) is 1.31. The first-order valence-corrected chi connectivity index (χ1v) is 12.9. The Kier molecular flexibility index (Phi) is 8.93. The molecule has 0 atom stereocenters. The number of urea groups is 1. The number of rotatable bonds is 9. The fourth-order valence-electron chi connectivity index (χ4n) is 5.26. The number of hydrogen-bond donors (Lipinski definition) is 2. The summed E-state index contributed by atoms with van der Waals surface area (Å²) in [4.78, 5) is 53.1. The molecule has 10 heteroatoms. The number of piperidine rings is 2. The average molecular weight is 500 g/mol. The van der Waals surface area contributed by atoms with Gasteiger partial charge >= 0.3 is 6.03 Å². The maximum absolute atomic E-state index is 12.5. The molecule has 0 aromatic heterocycles. The summed E-state index contributed by atoms with van der Waals surface area (Å²) in [6.45, 7) is 7.71. The summed E-state index contributed by atoms with van der Waals surface area (Å²) in [6, 6.07) is 5.06. The van der Waals surface area contributed by atoms with E-state index < -0.39 is 6.03 Å². The lowest BCUT2D eigenvalue weighted by Crippen LogP contribution is -2.49. The number of nitrogens with zero attached hydrogens (tertiary/aromatic N) is 3. The summed E-state index contributed by atoms with van der Waals surface area (Å²) in [7, 11) is 0. The first-order valence-electron chi connectivity index (χ1n) is 12.9. The molecule has 0 unspecified atom stereocenters. The van der Waals surface area contributed by atoms with E-state index in [9.17, 15) is 19.2 Å². The number of carbonyl (C=O) groups excluding carboxylic acids is 4. The number of carbonyl (C=O) groups is 4. The van der Waals surface area contributed by atoms with E-state index >= 15 is 0 Å². The van der Waals surface area contributed by atoms with Crippen molar-refractivity contribution in [3.8, 4) is 5.75 Å². The largest absolute Gasteiger partial charge is 0.484 e. The zero-order valence-corrected chi connectivity index (χ0v) is 21.0. The van der Waals surface area contributed by atoms with Crippen molar-refractivity contribution in [3.63, 3.8) is 0 Å². The van der Waals surface area contributed by atoms with Gasteiger partial charge in [-0.05, 0) is 63.2 Å². The quantitative estimate of drug-likeness (QED) is 0.493. The van der Waals surface area contributed by atoms with Crippen LogP contribution >= 0.6 is 0 Å². The van der Waals surface area contributed by atoms with Gasteiger partial charge in [0.1, 0.15) is 12.0 Å². The topological polar surface area (TPSA) is 111 Å². The summed E-state index contributed by atoms with van der Waals surface area (Å²) >= 11 is 0. The lowest BCUT2D eigenvalue weighted by atomic mass is 9.94. The third-order valence-electron chi connectivity index (χ3n) is 7.40. The van der Waals surface area contributed by atoms with Crippen molar-refractivity contribution in [1.82, 2.24) is 20.4 Å². The standard InChI is InChI=1S/C26H37N5O5/c1-19-2-3-22(16-23(19)31-13-8-24(33)28-26(31)35)36-18-25(34)27-21-6-11-30(12-7-21)17-20-4-9-29(10-5-20)14-15-32/h2-3,15-16,20-21H,4-14,17-18H2,1H3,(H,27,34)(H,28,33,35). The van der Waals surface area contributed by atoms with Crippen LogP contribution in [0.4, 0.5) is 10.5 Å². The maximum Gasteiger partial charge on any atom is 0.328 e. The lowest BCUT2D eigenvalue weighted by Gasteiger charge is -2.37. The molecule has 0 radical (unpaired) electrons. The Morgan fingerprint density at radius 3 is 2.50 bits per heavy atom. The molecule has 10 nitrogen and oxygen atoms in total. The Bertz CT molecular complexity index is 954. The second kappa shape index (κ2) is 12.3. The fourth-order valence-corrected chi connectivity index (χ4v) is 5.26. The number of benzene rings is 1. The van der Waals surface area contributed by atoms with Crippen molar-refractivity contribution in [1.29, 1.82) is 0 Å². The minimum absolute atomic E-state index is 0.0905. The van der Waals surface area contributed by atoms with Crippen LogP contribution in [0, 0.1) is 12.8 Å². The van der Waals surface area contributed by atoms with E-state index in [4.69, 9.17) is 4.74 Å². The van der Waals surface area contributed by atoms with Crippen LogP contribution in [0.5, 0.6) is 5.75 Å². The van der Waals surface area contributed by atoms with Crippen molar-refractivity contribution in [2.75, 3.05) is 57.3 Å². The molecule has 3 saturated heterocycles. The third-order valence-corrected chi connectivity index (χ3v) is 7.40. The molecule has 4 amide bonds. The van der Waals surface area contributed by atoms with Gasteiger partial charge in [0, 0.05) is 44.7 Å². The van der Waals surface area contributed by atoms with E-state index in [1.807, 2.05) is 13.0 Å². The number of hydrogen-bond acceptors (Lipinski definition) is 7. The summed E-state index contributed by atoms with van der Waals surface area (Å²) in [5, 5.41) is 5.42. The first-order chi connectivity index (χ1) is 17.4. The summed E-state index contributed by atoms with van der Waals surface area (Å²) < 4.78 is 5.73. The second-order valence-corrected chi connectivity index (χ2v) is 10.0. The minimum Gasteiger partial charge on any atom is -0.484 e. The molecule has 3 fully saturated rings. The smallest absolute Gasteiger partial charge is 0.328 e. The maximum atomic E-state index is 12.5. The molecule has 2 N–H and O–H groups in total. The van der Waals surface area contributed by atoms with E-state index in [1.165, 1.54) is 4.90 Å². The SMILES string of the molecule is Cc1ccc(OCC(=O)NC2CCN(CC3CCN(CC=O)CC3)CC2)cc1N1CCC(=O)NC1=O. The first kappa shape index (κ1) is 26.1. The minimum atomic E-state index is -0.445. The van der Waals surface area contributed by atoms with Gasteiger partial charge in [0.05, 0.1) is 12.2 Å². The fraction of sp³-hybridized carbons (Fsp3) is 0.615. The number of anilines is 1. The molecule has 0 saturated carbocycles. The van der Waals surface area contributed by atoms with E-state index in [0.717, 1.165) is 70.3 Å². The van der Waals surface area contributed by atoms with Gasteiger partial charge in [0.25, 0.3) is 5.91 Å².